The van der Waals surface area contributed by atoms with Gasteiger partial charge in [-0.25, -0.2) is 9.67 Å². The molecule has 0 atom stereocenters. The van der Waals surface area contributed by atoms with Gasteiger partial charge in [0.2, 0.25) is 11.1 Å². The molecule has 1 N–H and O–H groups in total. The smallest absolute Gasteiger partial charge is 0.225 e. The Bertz CT molecular complexity index is 1190. The quantitative estimate of drug-likeness (QED) is 0.400. The molecule has 0 unspecified atom stereocenters. The van der Waals surface area contributed by atoms with Crippen LogP contribution in [0.1, 0.15) is 6.42 Å². The lowest BCUT2D eigenvalue weighted by Crippen LogP contribution is -2.16. The zero-order valence-electron chi connectivity index (χ0n) is 17.8. The summed E-state index contributed by atoms with van der Waals surface area (Å²) >= 11 is 1.46. The second-order valence-corrected chi connectivity index (χ2v) is 8.40. The number of hydrogen-bond acceptors (Lipinski definition) is 6. The number of anilines is 1. The lowest BCUT2D eigenvalue weighted by atomic mass is 10.2. The molecule has 1 aromatic heterocycles. The van der Waals surface area contributed by atoms with Crippen LogP contribution in [-0.4, -0.2) is 39.6 Å². The number of hydrogen-bond donors (Lipinski definition) is 1. The molecule has 0 spiro atoms. The Hall–Kier alpha value is -3.78. The number of nitrogens with zero attached hydrogens (tertiary/aromatic N) is 3. The summed E-state index contributed by atoms with van der Waals surface area (Å²) in [6.45, 7) is 1.05. The van der Waals surface area contributed by atoms with Crippen LogP contribution in [0.2, 0.25) is 0 Å². The van der Waals surface area contributed by atoms with Crippen LogP contribution in [0.5, 0.6) is 11.5 Å². The van der Waals surface area contributed by atoms with Crippen molar-refractivity contribution < 1.29 is 14.3 Å². The van der Waals surface area contributed by atoms with E-state index in [2.05, 4.69) is 5.32 Å². The van der Waals surface area contributed by atoms with Crippen molar-refractivity contribution in [1.29, 1.82) is 0 Å². The second kappa shape index (κ2) is 9.79. The summed E-state index contributed by atoms with van der Waals surface area (Å²) in [5, 5.41) is 8.23. The zero-order valence-corrected chi connectivity index (χ0v) is 18.6. The summed E-state index contributed by atoms with van der Waals surface area (Å²) in [4.78, 5) is 17.2. The molecule has 0 bridgehead atoms. The summed E-state index contributed by atoms with van der Waals surface area (Å²) in [5.41, 5.74) is 2.61. The van der Waals surface area contributed by atoms with Gasteiger partial charge in [-0.05, 0) is 24.3 Å². The molecule has 0 saturated carbocycles. The molecular formula is C25H22N4O3S. The molecule has 0 radical (unpaired) electrons. The molecule has 7 nitrogen and oxygen atoms in total. The van der Waals surface area contributed by atoms with Crippen molar-refractivity contribution in [2.45, 2.75) is 11.6 Å². The van der Waals surface area contributed by atoms with Crippen LogP contribution in [0.4, 0.5) is 5.69 Å². The van der Waals surface area contributed by atoms with Crippen molar-refractivity contribution in [3.05, 3.63) is 78.9 Å². The minimum atomic E-state index is -0.0787. The average Bonchev–Trinajstić information content (AvgIpc) is 3.29. The topological polar surface area (TPSA) is 78.3 Å². The van der Waals surface area contributed by atoms with Gasteiger partial charge in [-0.3, -0.25) is 4.79 Å². The molecule has 4 aromatic rings. The van der Waals surface area contributed by atoms with E-state index in [1.807, 2.05) is 77.5 Å². The normalized spacial score (nSPS) is 12.4. The van der Waals surface area contributed by atoms with Gasteiger partial charge in [0.25, 0.3) is 0 Å². The van der Waals surface area contributed by atoms with Crippen LogP contribution in [0.3, 0.4) is 0 Å². The predicted molar refractivity (Wildman–Crippen MR) is 128 cm³/mol. The van der Waals surface area contributed by atoms with E-state index < -0.39 is 0 Å². The summed E-state index contributed by atoms with van der Waals surface area (Å²) < 4.78 is 12.9. The highest BCUT2D eigenvalue weighted by molar-refractivity contribution is 7.99. The highest BCUT2D eigenvalue weighted by atomic mass is 32.2. The molecule has 0 aliphatic carbocycles. The summed E-state index contributed by atoms with van der Waals surface area (Å²) in [6, 6.07) is 25.3. The number of fused-ring (bicyclic) bond motifs is 1. The second-order valence-electron chi connectivity index (χ2n) is 7.34. The third kappa shape index (κ3) is 5.01. The molecule has 1 aliphatic rings. The van der Waals surface area contributed by atoms with E-state index in [0.29, 0.717) is 47.7 Å². The van der Waals surface area contributed by atoms with Crippen LogP contribution in [-0.2, 0) is 4.79 Å². The number of para-hydroxylation sites is 1. The average molecular weight is 459 g/mol. The third-order valence-electron chi connectivity index (χ3n) is 5.01. The largest absolute Gasteiger partial charge is 0.486 e. The maximum atomic E-state index is 12.4. The number of carbonyl (C=O) groups is 1. The Labute approximate surface area is 195 Å². The summed E-state index contributed by atoms with van der Waals surface area (Å²) in [7, 11) is 0. The molecule has 5 rings (SSSR count). The predicted octanol–water partition coefficient (Wildman–Crippen LogP) is 4.83. The first-order valence-corrected chi connectivity index (χ1v) is 11.6. The van der Waals surface area contributed by atoms with Crippen molar-refractivity contribution in [3.8, 4) is 28.6 Å². The van der Waals surface area contributed by atoms with Crippen molar-refractivity contribution in [3.63, 3.8) is 0 Å². The first-order valence-electron chi connectivity index (χ1n) is 10.7. The standard InChI is InChI=1S/C25H22N4O3S/c30-23(26-19-11-12-21-22(17-19)32-15-14-31-21)13-16-33-25-27-24(18-7-3-1-4-8-18)29(28-25)20-9-5-2-6-10-20/h1-12,17H,13-16H2,(H,26,30). The Kier molecular flexibility index (Phi) is 6.25. The molecule has 3 aromatic carbocycles. The summed E-state index contributed by atoms with van der Waals surface area (Å²) in [5.74, 6) is 2.60. The SMILES string of the molecule is O=C(CCSc1nc(-c2ccccc2)n(-c2ccccc2)n1)Nc1ccc2c(c1)OCCO2. The molecule has 166 valence electrons. The Morgan fingerprint density at radius 1 is 0.939 bits per heavy atom. The van der Waals surface area contributed by atoms with E-state index in [9.17, 15) is 4.79 Å². The summed E-state index contributed by atoms with van der Waals surface area (Å²) in [6.07, 6.45) is 0.333. The number of thioether (sulfide) groups is 1. The third-order valence-corrected chi connectivity index (χ3v) is 5.85. The number of amides is 1. The van der Waals surface area contributed by atoms with Gasteiger partial charge >= 0.3 is 0 Å². The van der Waals surface area contributed by atoms with Gasteiger partial charge < -0.3 is 14.8 Å². The van der Waals surface area contributed by atoms with Crippen LogP contribution >= 0.6 is 11.8 Å². The molecule has 0 saturated heterocycles. The fourth-order valence-corrected chi connectivity index (χ4v) is 4.22. The Morgan fingerprint density at radius 3 is 2.45 bits per heavy atom. The van der Waals surface area contributed by atoms with Gasteiger partial charge in [-0.15, -0.1) is 5.10 Å². The van der Waals surface area contributed by atoms with Crippen LogP contribution in [0.25, 0.3) is 17.1 Å². The number of rotatable bonds is 7. The van der Waals surface area contributed by atoms with E-state index in [-0.39, 0.29) is 5.91 Å². The monoisotopic (exact) mass is 458 g/mol. The van der Waals surface area contributed by atoms with Crippen LogP contribution in [0.15, 0.2) is 84.0 Å². The minimum absolute atomic E-state index is 0.0787. The van der Waals surface area contributed by atoms with E-state index in [1.165, 1.54) is 11.8 Å². The van der Waals surface area contributed by atoms with Crippen molar-refractivity contribution in [2.75, 3.05) is 24.3 Å². The van der Waals surface area contributed by atoms with Crippen molar-refractivity contribution in [1.82, 2.24) is 14.8 Å². The minimum Gasteiger partial charge on any atom is -0.486 e. The highest BCUT2D eigenvalue weighted by Crippen LogP contribution is 2.32. The number of ether oxygens (including phenoxy) is 2. The molecule has 1 aliphatic heterocycles. The first kappa shape index (κ1) is 21.1. The molecule has 2 heterocycles. The van der Waals surface area contributed by atoms with Gasteiger partial charge in [0.1, 0.15) is 13.2 Å². The zero-order chi connectivity index (χ0) is 22.5. The van der Waals surface area contributed by atoms with Gasteiger partial charge in [0, 0.05) is 29.5 Å². The van der Waals surface area contributed by atoms with Gasteiger partial charge in [-0.1, -0.05) is 60.3 Å². The fraction of sp³-hybridized carbons (Fsp3) is 0.160. The number of nitrogens with one attached hydrogen (secondary N) is 1. The van der Waals surface area contributed by atoms with E-state index in [4.69, 9.17) is 19.6 Å². The maximum absolute atomic E-state index is 12.4. The van der Waals surface area contributed by atoms with Crippen LogP contribution < -0.4 is 14.8 Å². The fourth-order valence-electron chi connectivity index (χ4n) is 3.46. The van der Waals surface area contributed by atoms with Gasteiger partial charge in [0.15, 0.2) is 17.3 Å². The van der Waals surface area contributed by atoms with E-state index >= 15 is 0 Å². The Balaban J connectivity index is 1.24. The molecular weight excluding hydrogens is 436 g/mol. The molecule has 0 fully saturated rings. The number of aromatic nitrogens is 3. The van der Waals surface area contributed by atoms with Crippen molar-refractivity contribution >= 4 is 23.4 Å². The maximum Gasteiger partial charge on any atom is 0.225 e. The van der Waals surface area contributed by atoms with Gasteiger partial charge in [-0.2, -0.15) is 0 Å². The molecule has 8 heteroatoms. The van der Waals surface area contributed by atoms with E-state index in [0.717, 1.165) is 17.1 Å². The number of carbonyl (C=O) groups excluding carboxylic acids is 1. The van der Waals surface area contributed by atoms with E-state index in [1.54, 1.807) is 6.07 Å². The molecule has 1 amide bonds. The lowest BCUT2D eigenvalue weighted by molar-refractivity contribution is -0.115. The lowest BCUT2D eigenvalue weighted by Gasteiger charge is -2.18. The van der Waals surface area contributed by atoms with Gasteiger partial charge in [0.05, 0.1) is 5.69 Å². The van der Waals surface area contributed by atoms with Crippen molar-refractivity contribution in [2.24, 2.45) is 0 Å². The first-order chi connectivity index (χ1) is 16.3. The molecule has 33 heavy (non-hydrogen) atoms. The highest BCUT2D eigenvalue weighted by Gasteiger charge is 2.15. The van der Waals surface area contributed by atoms with Crippen LogP contribution in [0, 0.1) is 0 Å². The Morgan fingerprint density at radius 2 is 1.67 bits per heavy atom. The number of benzene rings is 3.